The van der Waals surface area contributed by atoms with Crippen molar-refractivity contribution >= 4 is 39.4 Å². The van der Waals surface area contributed by atoms with Crippen molar-refractivity contribution in [2.24, 2.45) is 0 Å². The van der Waals surface area contributed by atoms with Gasteiger partial charge < -0.3 is 10.2 Å². The van der Waals surface area contributed by atoms with Crippen LogP contribution in [0, 0.1) is 0 Å². The standard InChI is InChI=1S/C20H19N3O2S/c1-21-20(25)15-10-7-14(8-11-15)9-12-19(24)23(2)13-18-22-16-5-3-4-6-17(16)26-18/h3-12H,13H2,1-2H3,(H,21,25)/b12-9+. The second kappa shape index (κ2) is 7.93. The maximum atomic E-state index is 12.3. The zero-order valence-electron chi connectivity index (χ0n) is 14.6. The number of likely N-dealkylation sites (N-methyl/N-ethyl adjacent to an activating group) is 1. The number of nitrogens with one attached hydrogen (secondary N) is 1. The van der Waals surface area contributed by atoms with Crippen molar-refractivity contribution in [3.05, 3.63) is 70.7 Å². The van der Waals surface area contributed by atoms with Crippen LogP contribution in [0.2, 0.25) is 0 Å². The van der Waals surface area contributed by atoms with Crippen LogP contribution in [0.15, 0.2) is 54.6 Å². The van der Waals surface area contributed by atoms with Gasteiger partial charge in [0.05, 0.1) is 16.8 Å². The van der Waals surface area contributed by atoms with E-state index in [0.717, 1.165) is 20.8 Å². The maximum absolute atomic E-state index is 12.3. The molecule has 0 bridgehead atoms. The number of nitrogens with zero attached hydrogens (tertiary/aromatic N) is 2. The Labute approximate surface area is 156 Å². The Kier molecular flexibility index (Phi) is 5.43. The molecule has 0 aliphatic heterocycles. The number of hydrogen-bond acceptors (Lipinski definition) is 4. The van der Waals surface area contributed by atoms with E-state index < -0.39 is 0 Å². The summed E-state index contributed by atoms with van der Waals surface area (Å²) in [6.07, 6.45) is 3.27. The molecular weight excluding hydrogens is 346 g/mol. The van der Waals surface area contributed by atoms with Gasteiger partial charge in [-0.25, -0.2) is 4.98 Å². The van der Waals surface area contributed by atoms with Gasteiger partial charge in [-0.1, -0.05) is 24.3 Å². The van der Waals surface area contributed by atoms with E-state index in [4.69, 9.17) is 0 Å². The van der Waals surface area contributed by atoms with E-state index in [-0.39, 0.29) is 11.8 Å². The van der Waals surface area contributed by atoms with E-state index in [9.17, 15) is 9.59 Å². The largest absolute Gasteiger partial charge is 0.355 e. The monoisotopic (exact) mass is 365 g/mol. The fourth-order valence-corrected chi connectivity index (χ4v) is 3.47. The first-order chi connectivity index (χ1) is 12.6. The van der Waals surface area contributed by atoms with Crippen molar-refractivity contribution in [2.45, 2.75) is 6.54 Å². The van der Waals surface area contributed by atoms with Gasteiger partial charge in [0.2, 0.25) is 5.91 Å². The van der Waals surface area contributed by atoms with E-state index >= 15 is 0 Å². The molecule has 5 nitrogen and oxygen atoms in total. The van der Waals surface area contributed by atoms with E-state index in [1.807, 2.05) is 36.4 Å². The van der Waals surface area contributed by atoms with Crippen LogP contribution in [0.4, 0.5) is 0 Å². The summed E-state index contributed by atoms with van der Waals surface area (Å²) in [5.41, 5.74) is 2.41. The predicted octanol–water partition coefficient (Wildman–Crippen LogP) is 3.33. The van der Waals surface area contributed by atoms with E-state index in [1.54, 1.807) is 48.5 Å². The molecule has 0 aliphatic rings. The summed E-state index contributed by atoms with van der Waals surface area (Å²) >= 11 is 1.60. The highest BCUT2D eigenvalue weighted by atomic mass is 32.1. The van der Waals surface area contributed by atoms with E-state index in [0.29, 0.717) is 12.1 Å². The number of carbonyl (C=O) groups excluding carboxylic acids is 2. The summed E-state index contributed by atoms with van der Waals surface area (Å²) in [7, 11) is 3.35. The minimum Gasteiger partial charge on any atom is -0.355 e. The molecule has 2 amide bonds. The lowest BCUT2D eigenvalue weighted by molar-refractivity contribution is -0.125. The van der Waals surface area contributed by atoms with Gasteiger partial charge in [-0.15, -0.1) is 11.3 Å². The molecule has 26 heavy (non-hydrogen) atoms. The van der Waals surface area contributed by atoms with E-state index in [2.05, 4.69) is 10.3 Å². The van der Waals surface area contributed by atoms with Crippen molar-refractivity contribution in [3.8, 4) is 0 Å². The molecule has 0 spiro atoms. The summed E-state index contributed by atoms with van der Waals surface area (Å²) in [5, 5.41) is 3.48. The van der Waals surface area contributed by atoms with Crippen molar-refractivity contribution in [2.75, 3.05) is 14.1 Å². The Hall–Kier alpha value is -2.99. The fraction of sp³-hybridized carbons (Fsp3) is 0.150. The van der Waals surface area contributed by atoms with Crippen LogP contribution in [-0.4, -0.2) is 35.8 Å². The SMILES string of the molecule is CNC(=O)c1ccc(/C=C/C(=O)N(C)Cc2nc3ccccc3s2)cc1. The molecular formula is C20H19N3O2S. The topological polar surface area (TPSA) is 62.3 Å². The molecule has 6 heteroatoms. The summed E-state index contributed by atoms with van der Waals surface area (Å²) < 4.78 is 1.12. The number of para-hydroxylation sites is 1. The molecule has 3 aromatic rings. The van der Waals surface area contributed by atoms with Crippen LogP contribution in [0.25, 0.3) is 16.3 Å². The van der Waals surface area contributed by atoms with Gasteiger partial charge in [-0.3, -0.25) is 9.59 Å². The average Bonchev–Trinajstić information content (AvgIpc) is 3.08. The molecule has 1 N–H and O–H groups in total. The van der Waals surface area contributed by atoms with Crippen molar-refractivity contribution in [3.63, 3.8) is 0 Å². The Balaban J connectivity index is 1.63. The highest BCUT2D eigenvalue weighted by Crippen LogP contribution is 2.22. The number of hydrogen-bond donors (Lipinski definition) is 1. The van der Waals surface area contributed by atoms with Gasteiger partial charge in [0, 0.05) is 25.7 Å². The molecule has 2 aromatic carbocycles. The lowest BCUT2D eigenvalue weighted by atomic mass is 10.1. The van der Waals surface area contributed by atoms with Gasteiger partial charge in [0.1, 0.15) is 5.01 Å². The highest BCUT2D eigenvalue weighted by Gasteiger charge is 2.10. The molecule has 0 saturated carbocycles. The highest BCUT2D eigenvalue weighted by molar-refractivity contribution is 7.18. The molecule has 0 unspecified atom stereocenters. The normalized spacial score (nSPS) is 11.0. The molecule has 1 aromatic heterocycles. The lowest BCUT2D eigenvalue weighted by Crippen LogP contribution is -2.23. The zero-order valence-corrected chi connectivity index (χ0v) is 15.4. The van der Waals surface area contributed by atoms with Crippen molar-refractivity contribution in [1.82, 2.24) is 15.2 Å². The van der Waals surface area contributed by atoms with Crippen LogP contribution in [0.1, 0.15) is 20.9 Å². The van der Waals surface area contributed by atoms with Crippen LogP contribution < -0.4 is 5.32 Å². The van der Waals surface area contributed by atoms with Crippen molar-refractivity contribution < 1.29 is 9.59 Å². The van der Waals surface area contributed by atoms with Gasteiger partial charge in [-0.05, 0) is 35.9 Å². The van der Waals surface area contributed by atoms with Crippen LogP contribution in [0.5, 0.6) is 0 Å². The third-order valence-electron chi connectivity index (χ3n) is 3.91. The summed E-state index contributed by atoms with van der Waals surface area (Å²) in [6.45, 7) is 0.470. The first kappa shape index (κ1) is 17.8. The maximum Gasteiger partial charge on any atom is 0.251 e. The Morgan fingerprint density at radius 1 is 1.15 bits per heavy atom. The zero-order chi connectivity index (χ0) is 18.5. The Morgan fingerprint density at radius 2 is 1.88 bits per heavy atom. The predicted molar refractivity (Wildman–Crippen MR) is 105 cm³/mol. The number of aromatic nitrogens is 1. The second-order valence-corrected chi connectivity index (χ2v) is 6.92. The van der Waals surface area contributed by atoms with Crippen LogP contribution >= 0.6 is 11.3 Å². The number of amides is 2. The van der Waals surface area contributed by atoms with Gasteiger partial charge in [0.15, 0.2) is 0 Å². The Morgan fingerprint density at radius 3 is 2.58 bits per heavy atom. The molecule has 0 atom stereocenters. The quantitative estimate of drug-likeness (QED) is 0.706. The van der Waals surface area contributed by atoms with Crippen LogP contribution in [-0.2, 0) is 11.3 Å². The first-order valence-electron chi connectivity index (χ1n) is 8.16. The number of carbonyl (C=O) groups is 2. The summed E-state index contributed by atoms with van der Waals surface area (Å²) in [6, 6.07) is 15.0. The smallest absolute Gasteiger partial charge is 0.251 e. The fourth-order valence-electron chi connectivity index (χ4n) is 2.45. The van der Waals surface area contributed by atoms with E-state index in [1.165, 1.54) is 6.08 Å². The lowest BCUT2D eigenvalue weighted by Gasteiger charge is -2.12. The number of fused-ring (bicyclic) bond motifs is 1. The first-order valence-corrected chi connectivity index (χ1v) is 8.98. The summed E-state index contributed by atoms with van der Waals surface area (Å²) in [4.78, 5) is 30.0. The van der Waals surface area contributed by atoms with Gasteiger partial charge in [-0.2, -0.15) is 0 Å². The molecule has 0 aliphatic carbocycles. The third kappa shape index (κ3) is 4.15. The molecule has 1 heterocycles. The molecule has 3 rings (SSSR count). The second-order valence-electron chi connectivity index (χ2n) is 5.80. The minimum atomic E-state index is -0.132. The molecule has 0 radical (unpaired) electrons. The number of rotatable bonds is 5. The molecule has 0 fully saturated rings. The van der Waals surface area contributed by atoms with Gasteiger partial charge in [0.25, 0.3) is 5.91 Å². The third-order valence-corrected chi connectivity index (χ3v) is 4.93. The average molecular weight is 365 g/mol. The van der Waals surface area contributed by atoms with Gasteiger partial charge >= 0.3 is 0 Å². The summed E-state index contributed by atoms with van der Waals surface area (Å²) in [5.74, 6) is -0.230. The number of benzene rings is 2. The van der Waals surface area contributed by atoms with Crippen LogP contribution in [0.3, 0.4) is 0 Å². The minimum absolute atomic E-state index is 0.0976. The number of thiazole rings is 1. The van der Waals surface area contributed by atoms with Crippen molar-refractivity contribution in [1.29, 1.82) is 0 Å². The Bertz CT molecular complexity index is 928. The molecule has 0 saturated heterocycles. The molecule has 132 valence electrons.